The van der Waals surface area contributed by atoms with Gasteiger partial charge < -0.3 is 10.6 Å². The van der Waals surface area contributed by atoms with Crippen molar-refractivity contribution < 1.29 is 4.79 Å². The molecule has 2 N–H and O–H groups in total. The Labute approximate surface area is 110 Å². The molecule has 2 aliphatic rings. The van der Waals surface area contributed by atoms with Crippen LogP contribution in [0.1, 0.15) is 39.0 Å². The van der Waals surface area contributed by atoms with Crippen LogP contribution in [0.5, 0.6) is 0 Å². The fourth-order valence-electron chi connectivity index (χ4n) is 2.47. The van der Waals surface area contributed by atoms with Crippen molar-refractivity contribution in [1.82, 2.24) is 15.5 Å². The normalized spacial score (nSPS) is 22.1. The van der Waals surface area contributed by atoms with Gasteiger partial charge in [0.25, 0.3) is 0 Å². The van der Waals surface area contributed by atoms with E-state index >= 15 is 0 Å². The molecule has 0 radical (unpaired) electrons. The molecule has 0 bridgehead atoms. The van der Waals surface area contributed by atoms with Gasteiger partial charge >= 0.3 is 0 Å². The second-order valence-electron chi connectivity index (χ2n) is 5.75. The van der Waals surface area contributed by atoms with Gasteiger partial charge in [-0.2, -0.15) is 0 Å². The van der Waals surface area contributed by atoms with Gasteiger partial charge in [-0.15, -0.1) is 0 Å². The molecule has 4 heteroatoms. The van der Waals surface area contributed by atoms with E-state index < -0.39 is 0 Å². The Morgan fingerprint density at radius 3 is 2.56 bits per heavy atom. The molecule has 1 heterocycles. The van der Waals surface area contributed by atoms with Crippen LogP contribution in [-0.2, 0) is 4.79 Å². The van der Waals surface area contributed by atoms with Gasteiger partial charge in [-0.05, 0) is 44.6 Å². The largest absolute Gasteiger partial charge is 0.355 e. The van der Waals surface area contributed by atoms with Crippen LogP contribution in [0.2, 0.25) is 0 Å². The highest BCUT2D eigenvalue weighted by atomic mass is 16.2. The average Bonchev–Trinajstić information content (AvgIpc) is 3.20. The molecule has 0 aromatic carbocycles. The summed E-state index contributed by atoms with van der Waals surface area (Å²) in [5.41, 5.74) is 0. The minimum Gasteiger partial charge on any atom is -0.355 e. The number of nitrogens with one attached hydrogen (secondary N) is 2. The molecular formula is C14H27N3O. The topological polar surface area (TPSA) is 44.4 Å². The highest BCUT2D eigenvalue weighted by molar-refractivity contribution is 5.77. The molecule has 4 nitrogen and oxygen atoms in total. The quantitative estimate of drug-likeness (QED) is 0.711. The molecule has 18 heavy (non-hydrogen) atoms. The lowest BCUT2D eigenvalue weighted by Gasteiger charge is -2.32. The Morgan fingerprint density at radius 1 is 1.22 bits per heavy atom. The van der Waals surface area contributed by atoms with Crippen LogP contribution < -0.4 is 10.6 Å². The number of piperidine rings is 1. The van der Waals surface area contributed by atoms with Crippen molar-refractivity contribution in [3.63, 3.8) is 0 Å². The SMILES string of the molecule is CCCNC(=O)CN1CCC(NCC2CC2)CC1. The third kappa shape index (κ3) is 4.94. The standard InChI is InChI=1S/C14H27N3O/c1-2-7-15-14(18)11-17-8-5-13(6-9-17)16-10-12-3-4-12/h12-13,16H,2-11H2,1H3,(H,15,18). The number of hydrogen-bond acceptors (Lipinski definition) is 3. The predicted molar refractivity (Wildman–Crippen MR) is 73.5 cm³/mol. The van der Waals surface area contributed by atoms with Gasteiger partial charge in [-0.25, -0.2) is 0 Å². The van der Waals surface area contributed by atoms with E-state index in [4.69, 9.17) is 0 Å². The van der Waals surface area contributed by atoms with Crippen molar-refractivity contribution in [2.75, 3.05) is 32.7 Å². The van der Waals surface area contributed by atoms with Gasteiger partial charge in [0.2, 0.25) is 5.91 Å². The molecule has 2 fully saturated rings. The van der Waals surface area contributed by atoms with Crippen LogP contribution in [0.15, 0.2) is 0 Å². The summed E-state index contributed by atoms with van der Waals surface area (Å²) in [6.07, 6.45) is 6.23. The summed E-state index contributed by atoms with van der Waals surface area (Å²) in [5, 5.41) is 6.61. The van der Waals surface area contributed by atoms with Gasteiger partial charge in [0, 0.05) is 25.7 Å². The summed E-state index contributed by atoms with van der Waals surface area (Å²) in [7, 11) is 0. The van der Waals surface area contributed by atoms with Gasteiger partial charge in [0.05, 0.1) is 6.54 Å². The van der Waals surface area contributed by atoms with Crippen LogP contribution in [0.3, 0.4) is 0 Å². The van der Waals surface area contributed by atoms with Gasteiger partial charge in [-0.3, -0.25) is 9.69 Å². The van der Waals surface area contributed by atoms with Crippen LogP contribution in [0.4, 0.5) is 0 Å². The van der Waals surface area contributed by atoms with E-state index in [1.54, 1.807) is 0 Å². The van der Waals surface area contributed by atoms with Crippen LogP contribution >= 0.6 is 0 Å². The maximum Gasteiger partial charge on any atom is 0.234 e. The molecule has 1 saturated carbocycles. The van der Waals surface area contributed by atoms with Gasteiger partial charge in [0.15, 0.2) is 0 Å². The molecule has 104 valence electrons. The molecule has 0 unspecified atom stereocenters. The minimum atomic E-state index is 0.182. The Balaban J connectivity index is 1.55. The molecule has 1 saturated heterocycles. The second-order valence-corrected chi connectivity index (χ2v) is 5.75. The van der Waals surface area contributed by atoms with Crippen molar-refractivity contribution >= 4 is 5.91 Å². The lowest BCUT2D eigenvalue weighted by Crippen LogP contribution is -2.46. The molecule has 0 atom stereocenters. The maximum atomic E-state index is 11.6. The Morgan fingerprint density at radius 2 is 1.94 bits per heavy atom. The first kappa shape index (κ1) is 13.8. The number of carbonyl (C=O) groups excluding carboxylic acids is 1. The fourth-order valence-corrected chi connectivity index (χ4v) is 2.47. The lowest BCUT2D eigenvalue weighted by atomic mass is 10.0. The van der Waals surface area contributed by atoms with E-state index in [2.05, 4.69) is 22.5 Å². The molecule has 0 spiro atoms. The number of hydrogen-bond donors (Lipinski definition) is 2. The van der Waals surface area contributed by atoms with Crippen molar-refractivity contribution in [2.24, 2.45) is 5.92 Å². The van der Waals surface area contributed by atoms with E-state index in [0.29, 0.717) is 12.6 Å². The zero-order chi connectivity index (χ0) is 12.8. The van der Waals surface area contributed by atoms with Crippen molar-refractivity contribution in [1.29, 1.82) is 0 Å². The number of amides is 1. The summed E-state index contributed by atoms with van der Waals surface area (Å²) in [5.74, 6) is 1.14. The third-order valence-corrected chi connectivity index (χ3v) is 3.92. The summed E-state index contributed by atoms with van der Waals surface area (Å²) < 4.78 is 0. The first-order chi connectivity index (χ1) is 8.78. The van der Waals surface area contributed by atoms with Gasteiger partial charge in [-0.1, -0.05) is 6.92 Å². The minimum absolute atomic E-state index is 0.182. The predicted octanol–water partition coefficient (Wildman–Crippen LogP) is 0.977. The lowest BCUT2D eigenvalue weighted by molar-refractivity contribution is -0.122. The number of carbonyl (C=O) groups is 1. The van der Waals surface area contributed by atoms with Crippen LogP contribution in [0.25, 0.3) is 0 Å². The van der Waals surface area contributed by atoms with E-state index in [9.17, 15) is 4.79 Å². The number of likely N-dealkylation sites (tertiary alicyclic amines) is 1. The molecule has 1 amide bonds. The molecule has 0 aromatic heterocycles. The number of nitrogens with zero attached hydrogens (tertiary/aromatic N) is 1. The molecular weight excluding hydrogens is 226 g/mol. The molecule has 1 aliphatic heterocycles. The van der Waals surface area contributed by atoms with Gasteiger partial charge in [0.1, 0.15) is 0 Å². The third-order valence-electron chi connectivity index (χ3n) is 3.92. The number of rotatable bonds is 7. The van der Waals surface area contributed by atoms with Crippen LogP contribution in [-0.4, -0.2) is 49.6 Å². The molecule has 1 aliphatic carbocycles. The first-order valence-electron chi connectivity index (χ1n) is 7.50. The molecule has 2 rings (SSSR count). The van der Waals surface area contributed by atoms with Crippen molar-refractivity contribution in [3.05, 3.63) is 0 Å². The highest BCUT2D eigenvalue weighted by Gasteiger charge is 2.24. The maximum absolute atomic E-state index is 11.6. The van der Waals surface area contributed by atoms with E-state index in [0.717, 1.165) is 32.0 Å². The summed E-state index contributed by atoms with van der Waals surface area (Å²) in [6, 6.07) is 0.681. The van der Waals surface area contributed by atoms with Crippen molar-refractivity contribution in [3.8, 4) is 0 Å². The summed E-state index contributed by atoms with van der Waals surface area (Å²) in [6.45, 7) is 6.79. The second kappa shape index (κ2) is 7.10. The zero-order valence-corrected chi connectivity index (χ0v) is 11.6. The molecule has 0 aromatic rings. The van der Waals surface area contributed by atoms with Crippen molar-refractivity contribution in [2.45, 2.75) is 45.1 Å². The Hall–Kier alpha value is -0.610. The Kier molecular flexibility index (Phi) is 5.45. The average molecular weight is 253 g/mol. The Bertz CT molecular complexity index is 258. The first-order valence-corrected chi connectivity index (χ1v) is 7.50. The van der Waals surface area contributed by atoms with E-state index in [1.165, 1.54) is 32.2 Å². The smallest absolute Gasteiger partial charge is 0.234 e. The summed E-state index contributed by atoms with van der Waals surface area (Å²) in [4.78, 5) is 13.9. The monoisotopic (exact) mass is 253 g/mol. The highest BCUT2D eigenvalue weighted by Crippen LogP contribution is 2.28. The summed E-state index contributed by atoms with van der Waals surface area (Å²) >= 11 is 0. The zero-order valence-electron chi connectivity index (χ0n) is 11.6. The van der Waals surface area contributed by atoms with E-state index in [1.807, 2.05) is 0 Å². The fraction of sp³-hybridized carbons (Fsp3) is 0.929. The van der Waals surface area contributed by atoms with E-state index in [-0.39, 0.29) is 5.91 Å². The van der Waals surface area contributed by atoms with Crippen LogP contribution in [0, 0.1) is 5.92 Å².